The summed E-state index contributed by atoms with van der Waals surface area (Å²) in [4.78, 5) is 7.12. The van der Waals surface area contributed by atoms with Crippen LogP contribution in [0.15, 0.2) is 18.2 Å². The van der Waals surface area contributed by atoms with Crippen LogP contribution in [-0.2, 0) is 0 Å². The molecule has 0 aliphatic heterocycles. The predicted molar refractivity (Wildman–Crippen MR) is 56.3 cm³/mol. The number of benzene rings is 1. The fraction of sp³-hybridized carbons (Fsp3) is 0.300. The molecule has 0 fully saturated rings. The number of nitrogens with one attached hydrogen (secondary N) is 1. The Kier molecular flexibility index (Phi) is 2.04. The number of nitrogen functional groups attached to an aromatic ring is 1. The molecule has 0 spiro atoms. The predicted octanol–water partition coefficient (Wildman–Crippen LogP) is 1.93. The molecular formula is C10H13N3O. The molecular weight excluding hydrogens is 178 g/mol. The van der Waals surface area contributed by atoms with Crippen molar-refractivity contribution in [1.29, 1.82) is 0 Å². The van der Waals surface area contributed by atoms with Gasteiger partial charge in [-0.3, -0.25) is 0 Å². The van der Waals surface area contributed by atoms with Crippen LogP contribution < -0.4 is 10.5 Å². The third-order valence-corrected chi connectivity index (χ3v) is 1.86. The molecule has 0 amide bonds. The Balaban J connectivity index is 2.53. The Morgan fingerprint density at radius 2 is 2.21 bits per heavy atom. The molecule has 2 rings (SSSR count). The zero-order valence-electron chi connectivity index (χ0n) is 8.24. The maximum absolute atomic E-state index is 5.60. The van der Waals surface area contributed by atoms with Crippen molar-refractivity contribution in [3.63, 3.8) is 0 Å². The number of imidazole rings is 1. The molecule has 14 heavy (non-hydrogen) atoms. The molecule has 2 aromatic rings. The number of hydrogen-bond donors (Lipinski definition) is 2. The minimum atomic E-state index is 0.138. The van der Waals surface area contributed by atoms with Crippen LogP contribution in [0.3, 0.4) is 0 Å². The highest BCUT2D eigenvalue weighted by molar-refractivity contribution is 5.83. The number of fused-ring (bicyclic) bond motifs is 1. The van der Waals surface area contributed by atoms with Crippen LogP contribution in [0.2, 0.25) is 0 Å². The van der Waals surface area contributed by atoms with Crippen molar-refractivity contribution in [2.75, 3.05) is 5.73 Å². The third kappa shape index (κ3) is 1.51. The van der Waals surface area contributed by atoms with Gasteiger partial charge in [0.2, 0.25) is 0 Å². The van der Waals surface area contributed by atoms with Crippen LogP contribution in [0.5, 0.6) is 5.75 Å². The number of anilines is 1. The number of nitrogens with zero attached hydrogens (tertiary/aromatic N) is 1. The first-order valence-electron chi connectivity index (χ1n) is 4.57. The number of hydrogen-bond acceptors (Lipinski definition) is 3. The molecule has 0 radical (unpaired) electrons. The average molecular weight is 191 g/mol. The lowest BCUT2D eigenvalue weighted by molar-refractivity contribution is 0.245. The molecule has 4 nitrogen and oxygen atoms in total. The summed E-state index contributed by atoms with van der Waals surface area (Å²) in [5, 5.41) is 0. The fourth-order valence-electron chi connectivity index (χ4n) is 1.37. The highest BCUT2D eigenvalue weighted by Crippen LogP contribution is 2.24. The van der Waals surface area contributed by atoms with Crippen molar-refractivity contribution >= 4 is 17.0 Å². The molecule has 0 bridgehead atoms. The van der Waals surface area contributed by atoms with Gasteiger partial charge in [0.05, 0.1) is 11.6 Å². The maximum atomic E-state index is 5.60. The minimum absolute atomic E-state index is 0.138. The van der Waals surface area contributed by atoms with E-state index in [1.54, 1.807) is 0 Å². The van der Waals surface area contributed by atoms with Gasteiger partial charge in [-0.1, -0.05) is 6.07 Å². The number of para-hydroxylation sites is 1. The number of ether oxygens (including phenoxy) is 1. The summed E-state index contributed by atoms with van der Waals surface area (Å²) in [6, 6.07) is 5.73. The number of H-pyrrole nitrogens is 1. The van der Waals surface area contributed by atoms with E-state index >= 15 is 0 Å². The van der Waals surface area contributed by atoms with Crippen LogP contribution in [-0.4, -0.2) is 16.1 Å². The lowest BCUT2D eigenvalue weighted by Gasteiger charge is -2.09. The highest BCUT2D eigenvalue weighted by Gasteiger charge is 2.07. The molecule has 1 aromatic heterocycles. The minimum Gasteiger partial charge on any atom is -0.489 e. The van der Waals surface area contributed by atoms with Gasteiger partial charge in [0.1, 0.15) is 11.3 Å². The van der Waals surface area contributed by atoms with Crippen molar-refractivity contribution in [2.45, 2.75) is 20.0 Å². The third-order valence-electron chi connectivity index (χ3n) is 1.86. The van der Waals surface area contributed by atoms with Gasteiger partial charge in [0, 0.05) is 0 Å². The number of rotatable bonds is 2. The largest absolute Gasteiger partial charge is 0.489 e. The number of aromatic amines is 1. The quantitative estimate of drug-likeness (QED) is 0.762. The van der Waals surface area contributed by atoms with E-state index in [2.05, 4.69) is 9.97 Å². The van der Waals surface area contributed by atoms with E-state index in [1.165, 1.54) is 0 Å². The molecule has 0 atom stereocenters. The van der Waals surface area contributed by atoms with Crippen LogP contribution >= 0.6 is 0 Å². The van der Waals surface area contributed by atoms with Crippen LogP contribution in [0.25, 0.3) is 11.0 Å². The molecule has 1 heterocycles. The summed E-state index contributed by atoms with van der Waals surface area (Å²) >= 11 is 0. The van der Waals surface area contributed by atoms with E-state index < -0.39 is 0 Å². The Hall–Kier alpha value is -1.71. The molecule has 4 heteroatoms. The lowest BCUT2D eigenvalue weighted by Crippen LogP contribution is -2.05. The van der Waals surface area contributed by atoms with E-state index in [4.69, 9.17) is 10.5 Å². The summed E-state index contributed by atoms with van der Waals surface area (Å²) in [6.07, 6.45) is 0.138. The standard InChI is InChI=1S/C10H13N3O/c1-6(2)14-8-5-3-4-7-9(8)13-10(11)12-7/h3-6H,1-2H3,(H3,11,12,13). The van der Waals surface area contributed by atoms with Crippen LogP contribution in [0.1, 0.15) is 13.8 Å². The molecule has 74 valence electrons. The van der Waals surface area contributed by atoms with Gasteiger partial charge >= 0.3 is 0 Å². The van der Waals surface area contributed by atoms with E-state index in [1.807, 2.05) is 32.0 Å². The second kappa shape index (κ2) is 3.21. The second-order valence-corrected chi connectivity index (χ2v) is 3.44. The Bertz CT molecular complexity index is 448. The lowest BCUT2D eigenvalue weighted by atomic mass is 10.3. The zero-order valence-corrected chi connectivity index (χ0v) is 8.24. The topological polar surface area (TPSA) is 63.9 Å². The maximum Gasteiger partial charge on any atom is 0.198 e. The van der Waals surface area contributed by atoms with Crippen molar-refractivity contribution in [3.05, 3.63) is 18.2 Å². The van der Waals surface area contributed by atoms with Crippen molar-refractivity contribution < 1.29 is 4.74 Å². The number of aromatic nitrogens is 2. The molecule has 0 aliphatic rings. The van der Waals surface area contributed by atoms with E-state index in [0.29, 0.717) is 5.95 Å². The summed E-state index contributed by atoms with van der Waals surface area (Å²) in [5.74, 6) is 1.19. The van der Waals surface area contributed by atoms with Gasteiger partial charge in [-0.2, -0.15) is 0 Å². The first kappa shape index (κ1) is 8.87. The molecule has 3 N–H and O–H groups in total. The Labute approximate surface area is 82.1 Å². The normalized spacial score (nSPS) is 11.1. The zero-order chi connectivity index (χ0) is 10.1. The Morgan fingerprint density at radius 3 is 2.93 bits per heavy atom. The molecule has 0 saturated heterocycles. The van der Waals surface area contributed by atoms with Gasteiger partial charge in [0.25, 0.3) is 0 Å². The van der Waals surface area contributed by atoms with E-state index in [9.17, 15) is 0 Å². The van der Waals surface area contributed by atoms with Gasteiger partial charge in [-0.15, -0.1) is 0 Å². The van der Waals surface area contributed by atoms with Crippen molar-refractivity contribution in [3.8, 4) is 5.75 Å². The number of nitrogens with two attached hydrogens (primary N) is 1. The average Bonchev–Trinajstić information content (AvgIpc) is 2.45. The first-order valence-corrected chi connectivity index (χ1v) is 4.57. The van der Waals surface area contributed by atoms with E-state index in [0.717, 1.165) is 16.8 Å². The first-order chi connectivity index (χ1) is 6.66. The molecule has 0 aliphatic carbocycles. The van der Waals surface area contributed by atoms with Gasteiger partial charge in [-0.05, 0) is 26.0 Å². The van der Waals surface area contributed by atoms with Gasteiger partial charge in [-0.25, -0.2) is 4.98 Å². The van der Waals surface area contributed by atoms with Crippen LogP contribution in [0.4, 0.5) is 5.95 Å². The van der Waals surface area contributed by atoms with Gasteiger partial charge in [0.15, 0.2) is 5.95 Å². The Morgan fingerprint density at radius 1 is 1.43 bits per heavy atom. The fourth-order valence-corrected chi connectivity index (χ4v) is 1.37. The van der Waals surface area contributed by atoms with Crippen molar-refractivity contribution in [2.24, 2.45) is 0 Å². The van der Waals surface area contributed by atoms with Crippen molar-refractivity contribution in [1.82, 2.24) is 9.97 Å². The molecule has 0 saturated carbocycles. The summed E-state index contributed by atoms with van der Waals surface area (Å²) in [5.41, 5.74) is 7.26. The van der Waals surface area contributed by atoms with Gasteiger partial charge < -0.3 is 15.5 Å². The molecule has 0 unspecified atom stereocenters. The SMILES string of the molecule is CC(C)Oc1cccc2[nH]c(N)nc12. The van der Waals surface area contributed by atoms with E-state index in [-0.39, 0.29) is 6.10 Å². The highest BCUT2D eigenvalue weighted by atomic mass is 16.5. The smallest absolute Gasteiger partial charge is 0.198 e. The summed E-state index contributed by atoms with van der Waals surface area (Å²) < 4.78 is 5.60. The second-order valence-electron chi connectivity index (χ2n) is 3.44. The van der Waals surface area contributed by atoms with Crippen LogP contribution in [0, 0.1) is 0 Å². The summed E-state index contributed by atoms with van der Waals surface area (Å²) in [7, 11) is 0. The monoisotopic (exact) mass is 191 g/mol. The molecule has 1 aromatic carbocycles. The summed E-state index contributed by atoms with van der Waals surface area (Å²) in [6.45, 7) is 3.96.